The summed E-state index contributed by atoms with van der Waals surface area (Å²) in [6.07, 6.45) is 7.70. The van der Waals surface area contributed by atoms with E-state index in [2.05, 4.69) is 37.0 Å². The first-order valence-electron chi connectivity index (χ1n) is 13.0. The Bertz CT molecular complexity index is 1340. The minimum atomic E-state index is -0.200. The number of nitrogens with one attached hydrogen (secondary N) is 3. The molecule has 0 bridgehead atoms. The second-order valence-electron chi connectivity index (χ2n) is 9.08. The highest BCUT2D eigenvalue weighted by atomic mass is 16.2. The molecule has 1 saturated heterocycles. The van der Waals surface area contributed by atoms with Gasteiger partial charge in [-0.2, -0.15) is 14.9 Å². The number of rotatable bonds is 8. The molecular weight excluding hydrogens is 470 g/mol. The molecule has 196 valence electrons. The van der Waals surface area contributed by atoms with Crippen molar-refractivity contribution in [2.75, 3.05) is 37.3 Å². The van der Waals surface area contributed by atoms with Gasteiger partial charge in [0.25, 0.3) is 11.5 Å². The Hall–Kier alpha value is -3.91. The number of anilines is 3. The molecule has 37 heavy (non-hydrogen) atoms. The number of hydrogen-bond donors (Lipinski definition) is 3. The van der Waals surface area contributed by atoms with Crippen LogP contribution in [0.1, 0.15) is 62.4 Å². The fourth-order valence-corrected chi connectivity index (χ4v) is 4.56. The van der Waals surface area contributed by atoms with E-state index >= 15 is 0 Å². The molecule has 1 amide bonds. The molecule has 5 rings (SSSR count). The average molecular weight is 506 g/mol. The molecule has 1 atom stereocenters. The Kier molecular flexibility index (Phi) is 8.40. The molecule has 3 aromatic rings. The van der Waals surface area contributed by atoms with E-state index in [1.54, 1.807) is 28.3 Å². The highest BCUT2D eigenvalue weighted by molar-refractivity contribution is 6.00. The maximum atomic E-state index is 13.4. The van der Waals surface area contributed by atoms with Crippen molar-refractivity contribution in [1.82, 2.24) is 29.4 Å². The smallest absolute Gasteiger partial charge is 0.274 e. The van der Waals surface area contributed by atoms with Gasteiger partial charge in [0, 0.05) is 50.9 Å². The standard InChI is InChI=1S/C24H29N9O2.C2H6/c1-26-21-13-20(30-22-18(14-27-33(21)22)23(34)28-16-7-8-16)29-19-6-3-12-32(24(19)35)17-5-2-10-31(15-17)11-4-9-25;1-2/h3,6,12-14,16-17,26H,2,4-5,7-8,10-11,15H2,1H3,(H,28,34)(H,29,30);1-2H3. The lowest BCUT2D eigenvalue weighted by molar-refractivity contribution is 0.0952. The van der Waals surface area contributed by atoms with Gasteiger partial charge < -0.3 is 25.4 Å². The molecule has 0 radical (unpaired) electrons. The zero-order valence-electron chi connectivity index (χ0n) is 21.7. The topological polar surface area (TPSA) is 132 Å². The van der Waals surface area contributed by atoms with Gasteiger partial charge in [0.15, 0.2) is 5.65 Å². The molecule has 2 aliphatic rings. The van der Waals surface area contributed by atoms with Gasteiger partial charge in [-0.25, -0.2) is 4.98 Å². The molecule has 11 heteroatoms. The number of fused-ring (bicyclic) bond motifs is 1. The monoisotopic (exact) mass is 505 g/mol. The zero-order valence-corrected chi connectivity index (χ0v) is 21.7. The lowest BCUT2D eigenvalue weighted by atomic mass is 10.0. The van der Waals surface area contributed by atoms with Crippen LogP contribution in [0.5, 0.6) is 0 Å². The molecule has 3 aromatic heterocycles. The third kappa shape index (κ3) is 5.91. The zero-order chi connectivity index (χ0) is 26.4. The normalized spacial score (nSPS) is 17.4. The Morgan fingerprint density at radius 2 is 2.08 bits per heavy atom. The van der Waals surface area contributed by atoms with Crippen molar-refractivity contribution in [1.29, 1.82) is 5.26 Å². The maximum Gasteiger partial charge on any atom is 0.274 e. The Morgan fingerprint density at radius 3 is 2.81 bits per heavy atom. The van der Waals surface area contributed by atoms with Gasteiger partial charge in [-0.15, -0.1) is 0 Å². The van der Waals surface area contributed by atoms with Crippen molar-refractivity contribution in [3.63, 3.8) is 0 Å². The molecule has 1 saturated carbocycles. The minimum absolute atomic E-state index is 0.0487. The van der Waals surface area contributed by atoms with Crippen molar-refractivity contribution in [2.45, 2.75) is 58.0 Å². The number of carbonyl (C=O) groups excluding carboxylic acids is 1. The van der Waals surface area contributed by atoms with E-state index in [0.717, 1.165) is 45.3 Å². The molecule has 1 unspecified atom stereocenters. The van der Waals surface area contributed by atoms with E-state index in [-0.39, 0.29) is 23.6 Å². The van der Waals surface area contributed by atoms with Crippen LogP contribution < -0.4 is 21.5 Å². The Balaban J connectivity index is 0.00000156. The van der Waals surface area contributed by atoms with Gasteiger partial charge in [-0.05, 0) is 44.4 Å². The fraction of sp³-hybridized carbons (Fsp3) is 0.500. The van der Waals surface area contributed by atoms with Crippen LogP contribution >= 0.6 is 0 Å². The van der Waals surface area contributed by atoms with Gasteiger partial charge in [-0.3, -0.25) is 9.59 Å². The first-order valence-corrected chi connectivity index (χ1v) is 13.0. The summed E-state index contributed by atoms with van der Waals surface area (Å²) in [5, 5.41) is 22.4. The number of hydrogen-bond acceptors (Lipinski definition) is 8. The number of pyridine rings is 1. The van der Waals surface area contributed by atoms with E-state index in [1.807, 2.05) is 26.1 Å². The van der Waals surface area contributed by atoms with Gasteiger partial charge in [0.05, 0.1) is 12.3 Å². The number of piperidine rings is 1. The molecule has 0 aromatic carbocycles. The lowest BCUT2D eigenvalue weighted by Gasteiger charge is -2.33. The van der Waals surface area contributed by atoms with Gasteiger partial charge in [0.1, 0.15) is 22.9 Å². The van der Waals surface area contributed by atoms with Crippen LogP contribution in [-0.2, 0) is 0 Å². The molecular formula is C26H35N9O2. The molecule has 11 nitrogen and oxygen atoms in total. The predicted molar refractivity (Wildman–Crippen MR) is 143 cm³/mol. The van der Waals surface area contributed by atoms with Crippen LogP contribution in [-0.4, -0.2) is 62.7 Å². The van der Waals surface area contributed by atoms with E-state index in [0.29, 0.717) is 35.0 Å². The number of carbonyl (C=O) groups is 1. The van der Waals surface area contributed by atoms with Gasteiger partial charge >= 0.3 is 0 Å². The van der Waals surface area contributed by atoms with Crippen molar-refractivity contribution < 1.29 is 4.79 Å². The number of aromatic nitrogens is 4. The van der Waals surface area contributed by atoms with E-state index in [4.69, 9.17) is 5.26 Å². The number of nitrogens with zero attached hydrogens (tertiary/aromatic N) is 6. The molecule has 4 heterocycles. The average Bonchev–Trinajstić information content (AvgIpc) is 3.64. The Morgan fingerprint density at radius 1 is 1.27 bits per heavy atom. The SMILES string of the molecule is CC.CNc1cc(Nc2cccn(C3CCCN(CCC#N)C3)c2=O)nc2c(C(=O)NC3CC3)cnn12. The summed E-state index contributed by atoms with van der Waals surface area (Å²) in [7, 11) is 1.76. The second kappa shape index (κ2) is 11.9. The van der Waals surface area contributed by atoms with Crippen LogP contribution in [0.4, 0.5) is 17.3 Å². The van der Waals surface area contributed by atoms with Crippen molar-refractivity contribution in [3.8, 4) is 6.07 Å². The summed E-state index contributed by atoms with van der Waals surface area (Å²) >= 11 is 0. The van der Waals surface area contributed by atoms with Crippen LogP contribution in [0.3, 0.4) is 0 Å². The summed E-state index contributed by atoms with van der Waals surface area (Å²) in [4.78, 5) is 32.9. The minimum Gasteiger partial charge on any atom is -0.373 e. The maximum absolute atomic E-state index is 13.4. The third-order valence-electron chi connectivity index (χ3n) is 6.54. The predicted octanol–water partition coefficient (Wildman–Crippen LogP) is 3.15. The lowest BCUT2D eigenvalue weighted by Crippen LogP contribution is -2.40. The van der Waals surface area contributed by atoms with Crippen molar-refractivity contribution >= 4 is 28.9 Å². The summed E-state index contributed by atoms with van der Waals surface area (Å²) in [5.74, 6) is 0.881. The van der Waals surface area contributed by atoms with Crippen LogP contribution in [0, 0.1) is 11.3 Å². The largest absolute Gasteiger partial charge is 0.373 e. The summed E-state index contributed by atoms with van der Waals surface area (Å²) < 4.78 is 3.35. The molecule has 1 aliphatic carbocycles. The van der Waals surface area contributed by atoms with Gasteiger partial charge in [0.2, 0.25) is 0 Å². The summed E-state index contributed by atoms with van der Waals surface area (Å²) in [6, 6.07) is 7.81. The summed E-state index contributed by atoms with van der Waals surface area (Å²) in [5.41, 5.74) is 1.08. The summed E-state index contributed by atoms with van der Waals surface area (Å²) in [6.45, 7) is 6.41. The van der Waals surface area contributed by atoms with Crippen molar-refractivity contribution in [2.24, 2.45) is 0 Å². The number of likely N-dealkylation sites (tertiary alicyclic amines) is 1. The van der Waals surface area contributed by atoms with Crippen LogP contribution in [0.2, 0.25) is 0 Å². The molecule has 0 spiro atoms. The number of amides is 1. The highest BCUT2D eigenvalue weighted by Gasteiger charge is 2.26. The first kappa shape index (κ1) is 26.2. The van der Waals surface area contributed by atoms with Crippen molar-refractivity contribution in [3.05, 3.63) is 46.5 Å². The Labute approximate surface area is 216 Å². The molecule has 1 aliphatic heterocycles. The number of nitriles is 1. The fourth-order valence-electron chi connectivity index (χ4n) is 4.56. The van der Waals surface area contributed by atoms with E-state index < -0.39 is 0 Å². The highest BCUT2D eigenvalue weighted by Crippen LogP contribution is 2.24. The van der Waals surface area contributed by atoms with Crippen LogP contribution in [0.15, 0.2) is 35.4 Å². The van der Waals surface area contributed by atoms with Crippen LogP contribution in [0.25, 0.3) is 5.65 Å². The molecule has 2 fully saturated rings. The van der Waals surface area contributed by atoms with Gasteiger partial charge in [-0.1, -0.05) is 13.8 Å². The second-order valence-corrected chi connectivity index (χ2v) is 9.08. The third-order valence-corrected chi connectivity index (χ3v) is 6.54. The molecule has 3 N–H and O–H groups in total. The first-order chi connectivity index (χ1) is 18.1. The van der Waals surface area contributed by atoms with E-state index in [1.165, 1.54) is 6.20 Å². The quantitative estimate of drug-likeness (QED) is 0.425. The van der Waals surface area contributed by atoms with E-state index in [9.17, 15) is 9.59 Å².